The van der Waals surface area contributed by atoms with Gasteiger partial charge in [-0.15, -0.1) is 0 Å². The topological polar surface area (TPSA) is 35.5 Å². The average molecular weight is 436 g/mol. The molecule has 0 aliphatic carbocycles. The number of fused-ring (bicyclic) bond motifs is 1. The van der Waals surface area contributed by atoms with Crippen LogP contribution in [0.5, 0.6) is 0 Å². The Balaban J connectivity index is 1.82. The van der Waals surface area contributed by atoms with Crippen molar-refractivity contribution in [3.8, 4) is 11.1 Å². The Morgan fingerprint density at radius 2 is 1.16 bits per heavy atom. The molecule has 0 radical (unpaired) electrons. The Hall–Kier alpha value is -3.23. The smallest absolute Gasteiger partial charge is 0.309 e. The van der Waals surface area contributed by atoms with Gasteiger partial charge in [-0.05, 0) is 54.7 Å². The summed E-state index contributed by atoms with van der Waals surface area (Å²) >= 11 is 0. The molecule has 0 atom stereocenters. The minimum Gasteiger partial charge on any atom is -0.309 e. The van der Waals surface area contributed by atoms with Crippen LogP contribution < -0.4 is 5.30 Å². The highest BCUT2D eigenvalue weighted by atomic mass is 31.2. The molecule has 3 nitrogen and oxygen atoms in total. The van der Waals surface area contributed by atoms with Crippen LogP contribution in [-0.2, 0) is 13.6 Å². The van der Waals surface area contributed by atoms with Gasteiger partial charge in [-0.2, -0.15) is 0 Å². The quantitative estimate of drug-likeness (QED) is 0.212. The van der Waals surface area contributed by atoms with E-state index in [0.29, 0.717) is 5.30 Å². The van der Waals surface area contributed by atoms with Crippen molar-refractivity contribution in [3.63, 3.8) is 0 Å². The molecule has 0 unspecified atom stereocenters. The molecule has 0 heterocycles. The minimum absolute atomic E-state index is 0.580. The summed E-state index contributed by atoms with van der Waals surface area (Å²) in [6.07, 6.45) is 0. The van der Waals surface area contributed by atoms with Crippen LogP contribution >= 0.6 is 7.60 Å². The van der Waals surface area contributed by atoms with Crippen LogP contribution in [-0.4, -0.2) is 14.2 Å². The Morgan fingerprint density at radius 3 is 1.91 bits per heavy atom. The molecule has 0 bridgehead atoms. The number of rotatable bonds is 4. The lowest BCUT2D eigenvalue weighted by molar-refractivity contribution is 0.287. The first-order chi connectivity index (χ1) is 15.6. The summed E-state index contributed by atoms with van der Waals surface area (Å²) in [6, 6.07) is 31.4. The lowest BCUT2D eigenvalue weighted by atomic mass is 9.88. The molecule has 0 aliphatic rings. The van der Waals surface area contributed by atoms with Crippen molar-refractivity contribution in [2.45, 2.75) is 0 Å². The molecule has 0 aliphatic heterocycles. The normalized spacial score (nSPS) is 12.4. The zero-order valence-corrected chi connectivity index (χ0v) is 18.7. The van der Waals surface area contributed by atoms with Crippen LogP contribution in [0.15, 0.2) is 91.0 Å². The molecular weight excluding hydrogens is 415 g/mol. The predicted octanol–water partition coefficient (Wildman–Crippen LogP) is 7.52. The van der Waals surface area contributed by atoms with E-state index in [0.717, 1.165) is 27.3 Å². The average Bonchev–Trinajstić information content (AvgIpc) is 2.86. The van der Waals surface area contributed by atoms with Gasteiger partial charge in [0.1, 0.15) is 0 Å². The van der Waals surface area contributed by atoms with Crippen LogP contribution in [0.3, 0.4) is 0 Å². The molecule has 32 heavy (non-hydrogen) atoms. The zero-order chi connectivity index (χ0) is 21.9. The van der Waals surface area contributed by atoms with E-state index in [1.54, 1.807) is 0 Å². The van der Waals surface area contributed by atoms with Crippen molar-refractivity contribution in [3.05, 3.63) is 91.0 Å². The van der Waals surface area contributed by atoms with Gasteiger partial charge < -0.3 is 9.05 Å². The number of hydrogen-bond acceptors (Lipinski definition) is 3. The fourth-order valence-electron chi connectivity index (χ4n) is 5.00. The maximum absolute atomic E-state index is 13.6. The molecule has 6 aromatic carbocycles. The monoisotopic (exact) mass is 436 g/mol. The molecule has 0 amide bonds. The first kappa shape index (κ1) is 19.5. The Kier molecular flexibility index (Phi) is 4.34. The molecule has 6 rings (SSSR count). The first-order valence-corrected chi connectivity index (χ1v) is 12.1. The minimum atomic E-state index is -3.49. The zero-order valence-electron chi connectivity index (χ0n) is 17.8. The molecule has 0 aromatic heterocycles. The van der Waals surface area contributed by atoms with Crippen molar-refractivity contribution >= 4 is 56.0 Å². The van der Waals surface area contributed by atoms with Crippen LogP contribution in [0.2, 0.25) is 0 Å². The molecular formula is C28H21O3P. The van der Waals surface area contributed by atoms with E-state index in [2.05, 4.69) is 66.7 Å². The first-order valence-electron chi connectivity index (χ1n) is 10.6. The lowest BCUT2D eigenvalue weighted by Gasteiger charge is -2.21. The van der Waals surface area contributed by atoms with Gasteiger partial charge in [0.25, 0.3) is 0 Å². The maximum atomic E-state index is 13.6. The summed E-state index contributed by atoms with van der Waals surface area (Å²) in [5.41, 5.74) is 1.92. The van der Waals surface area contributed by atoms with Crippen molar-refractivity contribution in [2.75, 3.05) is 14.2 Å². The van der Waals surface area contributed by atoms with Crippen molar-refractivity contribution in [2.24, 2.45) is 0 Å². The summed E-state index contributed by atoms with van der Waals surface area (Å²) in [4.78, 5) is 0. The van der Waals surface area contributed by atoms with E-state index in [1.807, 2.05) is 24.3 Å². The Morgan fingerprint density at radius 1 is 0.562 bits per heavy atom. The van der Waals surface area contributed by atoms with E-state index in [9.17, 15) is 4.57 Å². The molecule has 156 valence electrons. The van der Waals surface area contributed by atoms with E-state index in [1.165, 1.54) is 41.2 Å². The van der Waals surface area contributed by atoms with Gasteiger partial charge in [0.05, 0.1) is 5.30 Å². The van der Waals surface area contributed by atoms with Gasteiger partial charge in [0, 0.05) is 19.8 Å². The highest BCUT2D eigenvalue weighted by Gasteiger charge is 2.30. The molecule has 0 spiro atoms. The number of hydrogen-bond donors (Lipinski definition) is 0. The van der Waals surface area contributed by atoms with Gasteiger partial charge in [0.15, 0.2) is 0 Å². The molecule has 0 saturated carbocycles. The van der Waals surface area contributed by atoms with Crippen LogP contribution in [0.25, 0.3) is 54.2 Å². The molecule has 0 N–H and O–H groups in total. The van der Waals surface area contributed by atoms with Gasteiger partial charge in [-0.25, -0.2) is 0 Å². The van der Waals surface area contributed by atoms with Gasteiger partial charge in [0.2, 0.25) is 0 Å². The third-order valence-corrected chi connectivity index (χ3v) is 8.40. The van der Waals surface area contributed by atoms with E-state index >= 15 is 0 Å². The number of benzene rings is 6. The summed E-state index contributed by atoms with van der Waals surface area (Å²) < 4.78 is 24.5. The van der Waals surface area contributed by atoms with Crippen molar-refractivity contribution in [1.82, 2.24) is 0 Å². The summed E-state index contributed by atoms with van der Waals surface area (Å²) in [5, 5.41) is 9.92. The summed E-state index contributed by atoms with van der Waals surface area (Å²) in [5.74, 6) is 0. The molecule has 6 aromatic rings. The van der Waals surface area contributed by atoms with Gasteiger partial charge in [-0.1, -0.05) is 84.9 Å². The molecule has 4 heteroatoms. The van der Waals surface area contributed by atoms with E-state index in [4.69, 9.17) is 9.05 Å². The predicted molar refractivity (Wildman–Crippen MR) is 134 cm³/mol. The SMILES string of the molecule is COP(=O)(OC)c1ccc2ccccc2c1-c1ccc2ccc3cccc4ccc1c2c34. The highest BCUT2D eigenvalue weighted by molar-refractivity contribution is 7.62. The third kappa shape index (κ3) is 2.66. The largest absolute Gasteiger partial charge is 0.361 e. The van der Waals surface area contributed by atoms with Crippen molar-refractivity contribution in [1.29, 1.82) is 0 Å². The van der Waals surface area contributed by atoms with Crippen LogP contribution in [0.4, 0.5) is 0 Å². The fraction of sp³-hybridized carbons (Fsp3) is 0.0714. The van der Waals surface area contributed by atoms with Gasteiger partial charge >= 0.3 is 7.60 Å². The highest BCUT2D eigenvalue weighted by Crippen LogP contribution is 2.50. The molecule has 0 saturated heterocycles. The fourth-order valence-corrected chi connectivity index (χ4v) is 6.31. The summed E-state index contributed by atoms with van der Waals surface area (Å²) in [7, 11) is -0.613. The third-order valence-electron chi connectivity index (χ3n) is 6.48. The van der Waals surface area contributed by atoms with E-state index in [-0.39, 0.29) is 0 Å². The Labute approximate surface area is 186 Å². The second-order valence-corrected chi connectivity index (χ2v) is 10.2. The second-order valence-electron chi connectivity index (χ2n) is 8.01. The standard InChI is InChI=1S/C28H21O3P/c1-30-32(29,31-2)25-17-14-18-6-3-4-9-22(18)28(25)24-16-13-21-11-10-19-7-5-8-20-12-15-23(24)27(21)26(19)20/h3-17H,1-2H3. The molecule has 0 fully saturated rings. The van der Waals surface area contributed by atoms with Crippen LogP contribution in [0, 0.1) is 0 Å². The Bertz CT molecular complexity index is 1660. The summed E-state index contributed by atoms with van der Waals surface area (Å²) in [6.45, 7) is 0. The van der Waals surface area contributed by atoms with E-state index < -0.39 is 7.60 Å². The van der Waals surface area contributed by atoms with Gasteiger partial charge in [-0.3, -0.25) is 4.57 Å². The second kappa shape index (κ2) is 7.15. The lowest BCUT2D eigenvalue weighted by Crippen LogP contribution is -2.12. The van der Waals surface area contributed by atoms with Crippen molar-refractivity contribution < 1.29 is 13.6 Å². The maximum Gasteiger partial charge on any atom is 0.361 e. The van der Waals surface area contributed by atoms with Crippen LogP contribution in [0.1, 0.15) is 0 Å².